The zero-order chi connectivity index (χ0) is 2.71. The van der Waals surface area contributed by atoms with Crippen molar-refractivity contribution in [1.82, 2.24) is 0 Å². The summed E-state index contributed by atoms with van der Waals surface area (Å²) in [5, 5.41) is 0. The minimum absolute atomic E-state index is 0. The fraction of sp³-hybridized carbons (Fsp3) is 0. The molecular formula is Br2MgO. The van der Waals surface area contributed by atoms with E-state index in [1.54, 1.807) is 0 Å². The molecule has 1 nitrogen and oxygen atoms in total. The Morgan fingerprint density at radius 1 is 1.25 bits per heavy atom. The summed E-state index contributed by atoms with van der Waals surface area (Å²) in [6, 6.07) is 0. The summed E-state index contributed by atoms with van der Waals surface area (Å²) in [6.07, 6.45) is 0. The van der Waals surface area contributed by atoms with Gasteiger partial charge in [-0.3, -0.25) is 0 Å². The summed E-state index contributed by atoms with van der Waals surface area (Å²) in [6.45, 7) is 0. The minimum atomic E-state index is 0. The van der Waals surface area contributed by atoms with Crippen LogP contribution in [0.5, 0.6) is 0 Å². The van der Waals surface area contributed by atoms with E-state index in [2.05, 4.69) is 35.4 Å². The fourth-order valence-corrected chi connectivity index (χ4v) is 0. The molecule has 0 unspecified atom stereocenters. The Bertz CT molecular complexity index is 6.00. The second-order valence-electron chi connectivity index (χ2n) is 0.0583. The third-order valence-electron chi connectivity index (χ3n) is 0. The molecule has 0 aliphatic heterocycles. The van der Waals surface area contributed by atoms with Gasteiger partial charge in [-0.05, 0) is 0 Å². The lowest BCUT2D eigenvalue weighted by Crippen LogP contribution is -1.10. The second kappa shape index (κ2) is 8.82. The van der Waals surface area contributed by atoms with Crippen LogP contribution in [0.4, 0.5) is 0 Å². The van der Waals surface area contributed by atoms with E-state index in [9.17, 15) is 0 Å². The first-order valence-corrected chi connectivity index (χ1v) is 1.60. The monoisotopic (exact) mass is 198 g/mol. The third-order valence-corrected chi connectivity index (χ3v) is 0. The number of rotatable bonds is 0. The molecule has 0 spiro atoms. The van der Waals surface area contributed by atoms with Crippen molar-refractivity contribution < 1.29 is 2.92 Å². The highest BCUT2D eigenvalue weighted by Crippen LogP contribution is 1.88. The second-order valence-corrected chi connectivity index (χ2v) is 1.57. The molecule has 0 aliphatic rings. The predicted molar refractivity (Wildman–Crippen MR) is 24.7 cm³/mol. The average Bonchev–Trinajstić information content (AvgIpc) is 0.918. The molecule has 0 aromatic carbocycles. The van der Waals surface area contributed by atoms with Crippen LogP contribution in [0.1, 0.15) is 0 Å². The molecule has 2 radical (unpaired) electrons. The molecule has 0 amide bonds. The number of hydrogen-bond acceptors (Lipinski definition) is 1. The van der Waals surface area contributed by atoms with E-state index < -0.39 is 0 Å². The Balaban J connectivity index is 0. The Morgan fingerprint density at radius 2 is 1.25 bits per heavy atom. The first-order valence-electron chi connectivity index (χ1n) is 0.309. The van der Waals surface area contributed by atoms with Crippen LogP contribution < -0.4 is 0 Å². The van der Waals surface area contributed by atoms with Gasteiger partial charge in [0.05, 0.1) is 0 Å². The van der Waals surface area contributed by atoms with Gasteiger partial charge >= 0.3 is 0 Å². The van der Waals surface area contributed by atoms with Crippen LogP contribution in [-0.2, 0) is 2.92 Å². The maximum atomic E-state index is 3.88. The van der Waals surface area contributed by atoms with Gasteiger partial charge in [-0.15, -0.1) is 0 Å². The molecule has 0 bridgehead atoms. The van der Waals surface area contributed by atoms with E-state index in [-0.39, 0.29) is 23.1 Å². The highest BCUT2D eigenvalue weighted by molar-refractivity contribution is 9.18. The van der Waals surface area contributed by atoms with Crippen LogP contribution in [-0.4, -0.2) is 23.1 Å². The van der Waals surface area contributed by atoms with Crippen molar-refractivity contribution in [2.75, 3.05) is 0 Å². The van der Waals surface area contributed by atoms with Crippen molar-refractivity contribution in [3.8, 4) is 0 Å². The molecule has 0 fully saturated rings. The fourth-order valence-electron chi connectivity index (χ4n) is 0. The van der Waals surface area contributed by atoms with Crippen molar-refractivity contribution in [1.29, 1.82) is 0 Å². The van der Waals surface area contributed by atoms with Crippen molar-refractivity contribution in [2.45, 2.75) is 0 Å². The predicted octanol–water partition coefficient (Wildman–Crippen LogP) is 1.24. The molecule has 0 rings (SSSR count). The smallest absolute Gasteiger partial charge is 0.115 e. The molecule has 4 heavy (non-hydrogen) atoms. The molecule has 0 aliphatic carbocycles. The van der Waals surface area contributed by atoms with Crippen molar-refractivity contribution in [2.24, 2.45) is 0 Å². The summed E-state index contributed by atoms with van der Waals surface area (Å²) in [5.41, 5.74) is 0. The average molecular weight is 200 g/mol. The SMILES string of the molecule is BrOBr.[Mg]. The normalized spacial score (nSPS) is 4.50. The quantitative estimate of drug-likeness (QED) is 0.534. The molecule has 0 aromatic rings. The summed E-state index contributed by atoms with van der Waals surface area (Å²) in [4.78, 5) is 0. The summed E-state index contributed by atoms with van der Waals surface area (Å²) in [5.74, 6) is 0. The van der Waals surface area contributed by atoms with E-state index >= 15 is 0 Å². The molecule has 0 saturated carbocycles. The largest absolute Gasteiger partial charge is 0.230 e. The maximum absolute atomic E-state index is 3.88. The van der Waals surface area contributed by atoms with Gasteiger partial charge in [0.2, 0.25) is 0 Å². The van der Waals surface area contributed by atoms with Crippen LogP contribution in [0, 0.1) is 0 Å². The van der Waals surface area contributed by atoms with E-state index in [1.807, 2.05) is 0 Å². The van der Waals surface area contributed by atoms with Crippen molar-refractivity contribution in [3.05, 3.63) is 0 Å². The van der Waals surface area contributed by atoms with Gasteiger partial charge in [0.25, 0.3) is 0 Å². The van der Waals surface area contributed by atoms with E-state index in [1.165, 1.54) is 0 Å². The molecule has 0 aromatic heterocycles. The molecule has 0 heterocycles. The Morgan fingerprint density at radius 3 is 1.25 bits per heavy atom. The van der Waals surface area contributed by atoms with Gasteiger partial charge in [0.1, 0.15) is 32.5 Å². The Kier molecular flexibility index (Phi) is 20.3. The zero-order valence-electron chi connectivity index (χ0n) is 1.87. The maximum Gasteiger partial charge on any atom is 0.115 e. The topological polar surface area (TPSA) is 9.23 Å². The Hall–Kier alpha value is 1.69. The van der Waals surface area contributed by atoms with Crippen LogP contribution in [0.3, 0.4) is 0 Å². The summed E-state index contributed by atoms with van der Waals surface area (Å²) < 4.78 is 3.88. The molecule has 4 heteroatoms. The lowest BCUT2D eigenvalue weighted by atomic mass is 16.0. The van der Waals surface area contributed by atoms with Gasteiger partial charge in [0, 0.05) is 23.1 Å². The van der Waals surface area contributed by atoms with Crippen LogP contribution in [0.25, 0.3) is 0 Å². The summed E-state index contributed by atoms with van der Waals surface area (Å²) >= 11 is 5.12. The number of halogens is 2. The first kappa shape index (κ1) is 9.19. The first-order chi connectivity index (χ1) is 1.41. The highest BCUT2D eigenvalue weighted by Gasteiger charge is 1.37. The lowest BCUT2D eigenvalue weighted by molar-refractivity contribution is 0.838. The molecule has 0 atom stereocenters. The van der Waals surface area contributed by atoms with Gasteiger partial charge < -0.3 is 0 Å². The van der Waals surface area contributed by atoms with Crippen LogP contribution in [0.15, 0.2) is 0 Å². The van der Waals surface area contributed by atoms with E-state index in [4.69, 9.17) is 0 Å². The molecule has 0 saturated heterocycles. The zero-order valence-corrected chi connectivity index (χ0v) is 6.46. The van der Waals surface area contributed by atoms with Crippen LogP contribution in [0.2, 0.25) is 0 Å². The van der Waals surface area contributed by atoms with Gasteiger partial charge in [-0.1, -0.05) is 0 Å². The molecule has 0 N–H and O–H groups in total. The van der Waals surface area contributed by atoms with Gasteiger partial charge in [-0.25, -0.2) is 2.92 Å². The number of hydrogen-bond donors (Lipinski definition) is 0. The lowest BCUT2D eigenvalue weighted by Gasteiger charge is -1.48. The third kappa shape index (κ3) is 9.35. The van der Waals surface area contributed by atoms with Gasteiger partial charge in [-0.2, -0.15) is 0 Å². The summed E-state index contributed by atoms with van der Waals surface area (Å²) in [7, 11) is 0. The van der Waals surface area contributed by atoms with E-state index in [0.717, 1.165) is 0 Å². The van der Waals surface area contributed by atoms with Gasteiger partial charge in [0.15, 0.2) is 0 Å². The molecular weight excluding hydrogens is 200 g/mol. The standard InChI is InChI=1S/Br2O.Mg/c1-3-2;. The minimum Gasteiger partial charge on any atom is -0.230 e. The van der Waals surface area contributed by atoms with E-state index in [0.29, 0.717) is 0 Å². The van der Waals surface area contributed by atoms with Crippen molar-refractivity contribution in [3.63, 3.8) is 0 Å². The highest BCUT2D eigenvalue weighted by atomic mass is 79.9. The van der Waals surface area contributed by atoms with Crippen LogP contribution >= 0.6 is 32.5 Å². The molecule has 22 valence electrons. The Labute approximate surface area is 58.1 Å². The van der Waals surface area contributed by atoms with Crippen molar-refractivity contribution >= 4 is 55.6 Å².